The molecule has 1 N–H and O–H groups in total. The van der Waals surface area contributed by atoms with Gasteiger partial charge in [0, 0.05) is 32.7 Å². The van der Waals surface area contributed by atoms with Crippen LogP contribution in [-0.2, 0) is 16.1 Å². The molecule has 0 saturated heterocycles. The number of nitrogens with zero attached hydrogens (tertiary/aromatic N) is 2. The number of ether oxygens (including phenoxy) is 1. The van der Waals surface area contributed by atoms with Crippen molar-refractivity contribution < 1.29 is 14.3 Å². The van der Waals surface area contributed by atoms with Gasteiger partial charge >= 0.3 is 5.97 Å². The highest BCUT2D eigenvalue weighted by molar-refractivity contribution is 9.10. The summed E-state index contributed by atoms with van der Waals surface area (Å²) in [5, 5.41) is 4.99. The number of para-hydroxylation sites is 1. The SMILES string of the molecule is CCOC(=O)Cn1cc(/C=N\NC(=O)c2ccc(Br)cc2)c2ccccc21. The Balaban J connectivity index is 1.78. The minimum Gasteiger partial charge on any atom is -0.465 e. The van der Waals surface area contributed by atoms with Gasteiger partial charge in [0.05, 0.1) is 12.8 Å². The lowest BCUT2D eigenvalue weighted by Crippen LogP contribution is -2.17. The van der Waals surface area contributed by atoms with Crippen molar-refractivity contribution in [1.29, 1.82) is 0 Å². The van der Waals surface area contributed by atoms with Crippen molar-refractivity contribution >= 4 is 44.9 Å². The third-order valence-electron chi connectivity index (χ3n) is 3.90. The normalized spacial score (nSPS) is 11.0. The zero-order chi connectivity index (χ0) is 19.2. The molecule has 0 radical (unpaired) electrons. The predicted molar refractivity (Wildman–Crippen MR) is 108 cm³/mol. The lowest BCUT2D eigenvalue weighted by Gasteiger charge is -2.04. The van der Waals surface area contributed by atoms with Crippen LogP contribution in [0.25, 0.3) is 10.9 Å². The zero-order valence-corrected chi connectivity index (χ0v) is 16.3. The minimum absolute atomic E-state index is 0.118. The van der Waals surface area contributed by atoms with Crippen molar-refractivity contribution in [1.82, 2.24) is 9.99 Å². The Hall–Kier alpha value is -2.93. The number of nitrogens with one attached hydrogen (secondary N) is 1. The Bertz CT molecular complexity index is 993. The molecule has 0 aliphatic heterocycles. The van der Waals surface area contributed by atoms with Crippen LogP contribution in [0.4, 0.5) is 0 Å². The maximum atomic E-state index is 12.1. The van der Waals surface area contributed by atoms with E-state index in [1.807, 2.05) is 35.0 Å². The Kier molecular flexibility index (Phi) is 6.03. The summed E-state index contributed by atoms with van der Waals surface area (Å²) >= 11 is 3.33. The van der Waals surface area contributed by atoms with Crippen molar-refractivity contribution in [3.63, 3.8) is 0 Å². The number of carbonyl (C=O) groups is 2. The highest BCUT2D eigenvalue weighted by Gasteiger charge is 2.10. The molecule has 1 aromatic heterocycles. The lowest BCUT2D eigenvalue weighted by molar-refractivity contribution is -0.143. The molecule has 7 heteroatoms. The number of aromatic nitrogens is 1. The number of benzene rings is 2. The number of rotatable bonds is 6. The first-order chi connectivity index (χ1) is 13.1. The average molecular weight is 428 g/mol. The largest absolute Gasteiger partial charge is 0.465 e. The van der Waals surface area contributed by atoms with Crippen LogP contribution in [0.2, 0.25) is 0 Å². The Morgan fingerprint density at radius 3 is 2.67 bits per heavy atom. The monoisotopic (exact) mass is 427 g/mol. The summed E-state index contributed by atoms with van der Waals surface area (Å²) in [6.45, 7) is 2.24. The Morgan fingerprint density at radius 2 is 1.93 bits per heavy atom. The molecule has 0 fully saturated rings. The summed E-state index contributed by atoms with van der Waals surface area (Å²) in [4.78, 5) is 23.9. The number of hydrazone groups is 1. The van der Waals surface area contributed by atoms with E-state index in [1.165, 1.54) is 0 Å². The van der Waals surface area contributed by atoms with Gasteiger partial charge in [-0.2, -0.15) is 5.10 Å². The predicted octanol–water partition coefficient (Wildman–Crippen LogP) is 3.73. The molecule has 1 heterocycles. The summed E-state index contributed by atoms with van der Waals surface area (Å²) in [6.07, 6.45) is 3.39. The van der Waals surface area contributed by atoms with Gasteiger partial charge in [-0.25, -0.2) is 5.43 Å². The van der Waals surface area contributed by atoms with Crippen molar-refractivity contribution in [3.05, 3.63) is 70.3 Å². The van der Waals surface area contributed by atoms with Crippen molar-refractivity contribution in [2.45, 2.75) is 13.5 Å². The Morgan fingerprint density at radius 1 is 1.19 bits per heavy atom. The van der Waals surface area contributed by atoms with Crippen LogP contribution in [0.3, 0.4) is 0 Å². The number of carbonyl (C=O) groups excluding carboxylic acids is 2. The molecule has 1 amide bonds. The molecule has 3 rings (SSSR count). The van der Waals surface area contributed by atoms with E-state index in [9.17, 15) is 9.59 Å². The summed E-state index contributed by atoms with van der Waals surface area (Å²) in [5.74, 6) is -0.598. The van der Waals surface area contributed by atoms with Crippen LogP contribution in [-0.4, -0.2) is 29.3 Å². The third kappa shape index (κ3) is 4.62. The van der Waals surface area contributed by atoms with Gasteiger partial charge < -0.3 is 9.30 Å². The summed E-state index contributed by atoms with van der Waals surface area (Å²) in [6, 6.07) is 14.7. The molecule has 3 aromatic rings. The molecule has 0 aliphatic rings. The highest BCUT2D eigenvalue weighted by atomic mass is 79.9. The molecular weight excluding hydrogens is 410 g/mol. The maximum absolute atomic E-state index is 12.1. The number of fused-ring (bicyclic) bond motifs is 1. The van der Waals surface area contributed by atoms with Gasteiger partial charge in [-0.05, 0) is 37.3 Å². The summed E-state index contributed by atoms with van der Waals surface area (Å²) in [5.41, 5.74) is 4.72. The fourth-order valence-electron chi connectivity index (χ4n) is 2.68. The number of hydrogen-bond acceptors (Lipinski definition) is 4. The van der Waals surface area contributed by atoms with E-state index in [4.69, 9.17) is 4.74 Å². The molecule has 0 atom stereocenters. The van der Waals surface area contributed by atoms with Crippen LogP contribution in [0, 0.1) is 0 Å². The quantitative estimate of drug-likeness (QED) is 0.370. The van der Waals surface area contributed by atoms with Crippen LogP contribution in [0.5, 0.6) is 0 Å². The molecular formula is C20H18BrN3O3. The maximum Gasteiger partial charge on any atom is 0.325 e. The zero-order valence-electron chi connectivity index (χ0n) is 14.7. The van der Waals surface area contributed by atoms with Crippen LogP contribution >= 0.6 is 15.9 Å². The molecule has 6 nitrogen and oxygen atoms in total. The molecule has 2 aromatic carbocycles. The van der Waals surface area contributed by atoms with Gasteiger partial charge in [0.1, 0.15) is 6.54 Å². The van der Waals surface area contributed by atoms with E-state index in [-0.39, 0.29) is 18.4 Å². The van der Waals surface area contributed by atoms with Crippen LogP contribution in [0.15, 0.2) is 64.3 Å². The first-order valence-electron chi connectivity index (χ1n) is 8.41. The van der Waals surface area contributed by atoms with Gasteiger partial charge in [0.25, 0.3) is 5.91 Å². The molecule has 138 valence electrons. The van der Waals surface area contributed by atoms with Gasteiger partial charge in [-0.1, -0.05) is 34.1 Å². The van der Waals surface area contributed by atoms with Crippen molar-refractivity contribution in [2.24, 2.45) is 5.10 Å². The molecule has 0 bridgehead atoms. The smallest absolute Gasteiger partial charge is 0.325 e. The molecule has 0 spiro atoms. The van der Waals surface area contributed by atoms with Crippen LogP contribution < -0.4 is 5.43 Å². The molecule has 0 unspecified atom stereocenters. The topological polar surface area (TPSA) is 72.7 Å². The lowest BCUT2D eigenvalue weighted by atomic mass is 10.2. The minimum atomic E-state index is -0.301. The fourth-order valence-corrected chi connectivity index (χ4v) is 2.95. The van der Waals surface area contributed by atoms with Gasteiger partial charge in [0.15, 0.2) is 0 Å². The van der Waals surface area contributed by atoms with Crippen LogP contribution in [0.1, 0.15) is 22.8 Å². The number of hydrogen-bond donors (Lipinski definition) is 1. The molecule has 0 saturated carbocycles. The second kappa shape index (κ2) is 8.64. The number of esters is 1. The first-order valence-corrected chi connectivity index (χ1v) is 9.20. The first kappa shape index (κ1) is 18.8. The number of halogens is 1. The fraction of sp³-hybridized carbons (Fsp3) is 0.150. The standard InChI is InChI=1S/C20H18BrN3O3/c1-2-27-19(25)13-24-12-15(17-5-3-4-6-18(17)24)11-22-23-20(26)14-7-9-16(21)10-8-14/h3-12H,2,13H2,1H3,(H,23,26)/b22-11-. The molecule has 0 aliphatic carbocycles. The van der Waals surface area contributed by atoms with E-state index in [1.54, 1.807) is 37.4 Å². The van der Waals surface area contributed by atoms with Crippen molar-refractivity contribution in [2.75, 3.05) is 6.61 Å². The van der Waals surface area contributed by atoms with E-state index in [2.05, 4.69) is 26.5 Å². The highest BCUT2D eigenvalue weighted by Crippen LogP contribution is 2.20. The van der Waals surface area contributed by atoms with E-state index >= 15 is 0 Å². The number of amides is 1. The second-order valence-corrected chi connectivity index (χ2v) is 6.66. The van der Waals surface area contributed by atoms with E-state index in [0.29, 0.717) is 12.2 Å². The molecule has 27 heavy (non-hydrogen) atoms. The second-order valence-electron chi connectivity index (χ2n) is 5.74. The van der Waals surface area contributed by atoms with Gasteiger partial charge in [-0.3, -0.25) is 9.59 Å². The van der Waals surface area contributed by atoms with Gasteiger partial charge in [-0.15, -0.1) is 0 Å². The summed E-state index contributed by atoms with van der Waals surface area (Å²) < 4.78 is 7.73. The van der Waals surface area contributed by atoms with Crippen molar-refractivity contribution in [3.8, 4) is 0 Å². The van der Waals surface area contributed by atoms with Gasteiger partial charge in [0.2, 0.25) is 0 Å². The summed E-state index contributed by atoms with van der Waals surface area (Å²) in [7, 11) is 0. The van der Waals surface area contributed by atoms with E-state index in [0.717, 1.165) is 20.9 Å². The third-order valence-corrected chi connectivity index (χ3v) is 4.43. The Labute approximate surface area is 164 Å². The van der Waals surface area contributed by atoms with E-state index < -0.39 is 0 Å². The average Bonchev–Trinajstić information content (AvgIpc) is 3.00.